The third-order valence-corrected chi connectivity index (χ3v) is 4.39. The van der Waals surface area contributed by atoms with Crippen LogP contribution in [0.3, 0.4) is 0 Å². The zero-order chi connectivity index (χ0) is 14.7. The van der Waals surface area contributed by atoms with Gasteiger partial charge in [-0.2, -0.15) is 0 Å². The molecule has 108 valence electrons. The van der Waals surface area contributed by atoms with E-state index in [1.54, 1.807) is 37.1 Å². The molecule has 0 aliphatic carbocycles. The molecule has 1 unspecified atom stereocenters. The first-order chi connectivity index (χ1) is 9.49. The van der Waals surface area contributed by atoms with Gasteiger partial charge >= 0.3 is 0 Å². The van der Waals surface area contributed by atoms with Crippen LogP contribution in [0.5, 0.6) is 5.75 Å². The zero-order valence-corrected chi connectivity index (χ0v) is 13.0. The highest BCUT2D eigenvalue weighted by Crippen LogP contribution is 2.32. The second kappa shape index (κ2) is 6.50. The van der Waals surface area contributed by atoms with E-state index < -0.39 is 0 Å². The van der Waals surface area contributed by atoms with Gasteiger partial charge in [-0.25, -0.2) is 0 Å². The smallest absolute Gasteiger partial charge is 0.227 e. The molecule has 1 amide bonds. The summed E-state index contributed by atoms with van der Waals surface area (Å²) in [6.45, 7) is 2.16. The summed E-state index contributed by atoms with van der Waals surface area (Å²) in [5.74, 6) is 1.56. The van der Waals surface area contributed by atoms with Crippen LogP contribution >= 0.6 is 23.4 Å². The molecule has 0 bridgehead atoms. The Morgan fingerprint density at radius 3 is 2.90 bits per heavy atom. The normalized spacial score (nSPS) is 18.4. The van der Waals surface area contributed by atoms with E-state index in [1.165, 1.54) is 11.8 Å². The molecule has 0 N–H and O–H groups in total. The minimum absolute atomic E-state index is 0.0588. The minimum Gasteiger partial charge on any atom is -0.497 e. The van der Waals surface area contributed by atoms with Crippen molar-refractivity contribution in [2.45, 2.75) is 13.3 Å². The Bertz CT molecular complexity index is 535. The minimum atomic E-state index is 0.0588. The van der Waals surface area contributed by atoms with Gasteiger partial charge in [-0.3, -0.25) is 9.59 Å². The third kappa shape index (κ3) is 3.67. The van der Waals surface area contributed by atoms with Gasteiger partial charge in [0, 0.05) is 42.4 Å². The first-order valence-corrected chi connectivity index (χ1v) is 7.64. The molecule has 0 aromatic heterocycles. The number of halogens is 1. The van der Waals surface area contributed by atoms with Crippen molar-refractivity contribution in [3.05, 3.63) is 23.2 Å². The topological polar surface area (TPSA) is 46.6 Å². The number of amides is 1. The number of benzene rings is 1. The Labute approximate surface area is 127 Å². The maximum absolute atomic E-state index is 12.1. The van der Waals surface area contributed by atoms with E-state index >= 15 is 0 Å². The lowest BCUT2D eigenvalue weighted by Gasteiger charge is -2.18. The monoisotopic (exact) mass is 313 g/mol. The molecule has 1 aromatic rings. The average molecular weight is 314 g/mol. The molecule has 4 nitrogen and oxygen atoms in total. The molecule has 6 heteroatoms. The average Bonchev–Trinajstić information content (AvgIpc) is 2.77. The lowest BCUT2D eigenvalue weighted by Crippen LogP contribution is -2.24. The number of ether oxygens (including phenoxy) is 1. The van der Waals surface area contributed by atoms with Crippen molar-refractivity contribution in [2.75, 3.05) is 24.3 Å². The van der Waals surface area contributed by atoms with Gasteiger partial charge in [0.1, 0.15) is 5.75 Å². The van der Waals surface area contributed by atoms with Crippen molar-refractivity contribution in [3.63, 3.8) is 0 Å². The fraction of sp³-hybridized carbons (Fsp3) is 0.429. The molecule has 1 aliphatic heterocycles. The van der Waals surface area contributed by atoms with Gasteiger partial charge in [-0.05, 0) is 18.1 Å². The molecule has 2 rings (SSSR count). The first kappa shape index (κ1) is 15.2. The van der Waals surface area contributed by atoms with Crippen LogP contribution in [-0.4, -0.2) is 30.4 Å². The highest BCUT2D eigenvalue weighted by Gasteiger charge is 2.31. The quantitative estimate of drug-likeness (QED) is 0.857. The Morgan fingerprint density at radius 2 is 2.25 bits per heavy atom. The number of rotatable bonds is 4. The van der Waals surface area contributed by atoms with E-state index in [2.05, 4.69) is 0 Å². The summed E-state index contributed by atoms with van der Waals surface area (Å²) in [6.07, 6.45) is 0.467. The van der Waals surface area contributed by atoms with Crippen molar-refractivity contribution < 1.29 is 14.3 Å². The van der Waals surface area contributed by atoms with Crippen LogP contribution < -0.4 is 9.64 Å². The van der Waals surface area contributed by atoms with Crippen molar-refractivity contribution in [1.82, 2.24) is 0 Å². The number of anilines is 1. The molecular weight excluding hydrogens is 298 g/mol. The summed E-state index contributed by atoms with van der Waals surface area (Å²) >= 11 is 7.30. The highest BCUT2D eigenvalue weighted by molar-refractivity contribution is 8.13. The van der Waals surface area contributed by atoms with E-state index in [9.17, 15) is 9.59 Å². The predicted octanol–water partition coefficient (Wildman–Crippen LogP) is 2.98. The molecule has 1 saturated heterocycles. The number of methoxy groups -OCH3 is 1. The molecule has 1 aliphatic rings. The van der Waals surface area contributed by atoms with Gasteiger partial charge in [0.15, 0.2) is 5.12 Å². The Hall–Kier alpha value is -1.20. The van der Waals surface area contributed by atoms with Gasteiger partial charge in [0.2, 0.25) is 5.91 Å². The molecule has 0 radical (unpaired) electrons. The standard InChI is InChI=1S/C14H16ClNO3S/c1-9(17)20-8-10-3-14(18)16(7-10)12-4-11(15)5-13(6-12)19-2/h4-6,10H,3,7-8H2,1-2H3. The molecule has 1 aromatic carbocycles. The Balaban J connectivity index is 2.11. The van der Waals surface area contributed by atoms with E-state index in [4.69, 9.17) is 16.3 Å². The summed E-state index contributed by atoms with van der Waals surface area (Å²) in [4.78, 5) is 24.8. The summed E-state index contributed by atoms with van der Waals surface area (Å²) in [5.41, 5.74) is 0.745. The number of carbonyl (C=O) groups is 2. The summed E-state index contributed by atoms with van der Waals surface area (Å²) in [5, 5.41) is 0.619. The first-order valence-electron chi connectivity index (χ1n) is 6.28. The molecule has 20 heavy (non-hydrogen) atoms. The van der Waals surface area contributed by atoms with Gasteiger partial charge < -0.3 is 9.64 Å². The second-order valence-corrected chi connectivity index (χ2v) is 6.36. The molecular formula is C14H16ClNO3S. The van der Waals surface area contributed by atoms with Crippen LogP contribution in [0.4, 0.5) is 5.69 Å². The van der Waals surface area contributed by atoms with Gasteiger partial charge in [0.05, 0.1) is 7.11 Å². The van der Waals surface area contributed by atoms with Crippen LogP contribution in [0.2, 0.25) is 5.02 Å². The summed E-state index contributed by atoms with van der Waals surface area (Å²) < 4.78 is 5.17. The van der Waals surface area contributed by atoms with Gasteiger partial charge in [-0.15, -0.1) is 0 Å². The molecule has 1 atom stereocenters. The Kier molecular flexibility index (Phi) is 4.94. The lowest BCUT2D eigenvalue weighted by atomic mass is 10.1. The lowest BCUT2D eigenvalue weighted by molar-refractivity contribution is -0.117. The fourth-order valence-electron chi connectivity index (χ4n) is 2.20. The van der Waals surface area contributed by atoms with Crippen LogP contribution in [0.15, 0.2) is 18.2 Å². The van der Waals surface area contributed by atoms with Crippen molar-refractivity contribution in [3.8, 4) is 5.75 Å². The predicted molar refractivity (Wildman–Crippen MR) is 81.6 cm³/mol. The largest absolute Gasteiger partial charge is 0.497 e. The van der Waals surface area contributed by atoms with E-state index in [1.807, 2.05) is 0 Å². The molecule has 0 saturated carbocycles. The fourth-order valence-corrected chi connectivity index (χ4v) is 3.11. The summed E-state index contributed by atoms with van der Waals surface area (Å²) in [6, 6.07) is 5.25. The van der Waals surface area contributed by atoms with E-state index in [0.29, 0.717) is 29.5 Å². The maximum atomic E-state index is 12.1. The summed E-state index contributed by atoms with van der Waals surface area (Å²) in [7, 11) is 1.56. The molecule has 1 fully saturated rings. The number of hydrogen-bond acceptors (Lipinski definition) is 4. The third-order valence-electron chi connectivity index (χ3n) is 3.13. The van der Waals surface area contributed by atoms with Crippen molar-refractivity contribution >= 4 is 40.1 Å². The van der Waals surface area contributed by atoms with Crippen LogP contribution in [0.1, 0.15) is 13.3 Å². The van der Waals surface area contributed by atoms with E-state index in [0.717, 1.165) is 5.69 Å². The number of thioether (sulfide) groups is 1. The van der Waals surface area contributed by atoms with Gasteiger partial charge in [0.25, 0.3) is 0 Å². The number of nitrogens with zero attached hydrogens (tertiary/aromatic N) is 1. The van der Waals surface area contributed by atoms with Crippen molar-refractivity contribution in [1.29, 1.82) is 0 Å². The molecule has 1 heterocycles. The van der Waals surface area contributed by atoms with Crippen LogP contribution in [-0.2, 0) is 9.59 Å². The van der Waals surface area contributed by atoms with Crippen LogP contribution in [0, 0.1) is 5.92 Å². The van der Waals surface area contributed by atoms with E-state index in [-0.39, 0.29) is 16.9 Å². The molecule has 0 spiro atoms. The highest BCUT2D eigenvalue weighted by atomic mass is 35.5. The second-order valence-electron chi connectivity index (χ2n) is 4.73. The van der Waals surface area contributed by atoms with Crippen molar-refractivity contribution in [2.24, 2.45) is 5.92 Å². The number of hydrogen-bond donors (Lipinski definition) is 0. The Morgan fingerprint density at radius 1 is 1.50 bits per heavy atom. The maximum Gasteiger partial charge on any atom is 0.227 e. The van der Waals surface area contributed by atoms with Gasteiger partial charge in [-0.1, -0.05) is 23.4 Å². The SMILES string of the molecule is COc1cc(Cl)cc(N2CC(CSC(C)=O)CC2=O)c1. The van der Waals surface area contributed by atoms with Crippen LogP contribution in [0.25, 0.3) is 0 Å². The number of carbonyl (C=O) groups excluding carboxylic acids is 2. The zero-order valence-electron chi connectivity index (χ0n) is 11.4.